The first-order valence-electron chi connectivity index (χ1n) is 8.98. The summed E-state index contributed by atoms with van der Waals surface area (Å²) in [6.07, 6.45) is 1.05. The second-order valence-corrected chi connectivity index (χ2v) is 6.45. The van der Waals surface area contributed by atoms with Crippen molar-refractivity contribution in [3.05, 3.63) is 106 Å². The van der Waals surface area contributed by atoms with Crippen molar-refractivity contribution in [1.29, 1.82) is 5.26 Å². The van der Waals surface area contributed by atoms with Crippen LogP contribution in [-0.4, -0.2) is 0 Å². The lowest BCUT2D eigenvalue weighted by atomic mass is 9.92. The van der Waals surface area contributed by atoms with Gasteiger partial charge in [0.25, 0.3) is 0 Å². The fourth-order valence-corrected chi connectivity index (χ4v) is 3.57. The zero-order valence-corrected chi connectivity index (χ0v) is 14.9. The summed E-state index contributed by atoms with van der Waals surface area (Å²) in [5, 5.41) is 11.0. The van der Waals surface area contributed by atoms with E-state index in [0.29, 0.717) is 18.5 Å². The van der Waals surface area contributed by atoms with Gasteiger partial charge in [0, 0.05) is 22.9 Å². The molecule has 0 amide bonds. The Morgan fingerprint density at radius 2 is 1.48 bits per heavy atom. The van der Waals surface area contributed by atoms with Gasteiger partial charge in [-0.05, 0) is 35.3 Å². The Kier molecular flexibility index (Phi) is 4.55. The summed E-state index contributed by atoms with van der Waals surface area (Å²) in [6.45, 7) is 0. The Hall–Kier alpha value is -3.64. The number of nitrogens with zero attached hydrogens (tertiary/aromatic N) is 2. The molecule has 1 aliphatic heterocycles. The quantitative estimate of drug-likeness (QED) is 0.728. The molecule has 0 saturated heterocycles. The van der Waals surface area contributed by atoms with Gasteiger partial charge in [-0.25, -0.2) is 4.99 Å². The monoisotopic (exact) mass is 349 g/mol. The highest BCUT2D eigenvalue weighted by Crippen LogP contribution is 2.34. The minimum absolute atomic E-state index is 0.430. The molecule has 0 saturated carbocycles. The van der Waals surface area contributed by atoms with Crippen LogP contribution in [0, 0.1) is 11.3 Å². The largest absolute Gasteiger partial charge is 0.398 e. The Morgan fingerprint density at radius 1 is 0.852 bits per heavy atom. The Morgan fingerprint density at radius 3 is 2.07 bits per heavy atom. The topological polar surface area (TPSA) is 62.2 Å². The van der Waals surface area contributed by atoms with Crippen molar-refractivity contribution >= 4 is 16.8 Å². The molecule has 3 aromatic rings. The molecule has 1 aliphatic rings. The average molecular weight is 349 g/mol. The summed E-state index contributed by atoms with van der Waals surface area (Å²) in [6, 6.07) is 28.6. The van der Waals surface area contributed by atoms with Gasteiger partial charge in [0.2, 0.25) is 0 Å². The summed E-state index contributed by atoms with van der Waals surface area (Å²) >= 11 is 0. The highest BCUT2D eigenvalue weighted by molar-refractivity contribution is 5.91. The summed E-state index contributed by atoms with van der Waals surface area (Å²) in [5.41, 5.74) is 12.2. The Labute approximate surface area is 158 Å². The van der Waals surface area contributed by atoms with Crippen molar-refractivity contribution in [2.75, 3.05) is 5.73 Å². The van der Waals surface area contributed by atoms with Crippen LogP contribution in [0.5, 0.6) is 0 Å². The van der Waals surface area contributed by atoms with Crippen LogP contribution >= 0.6 is 0 Å². The molecule has 0 fully saturated rings. The van der Waals surface area contributed by atoms with Crippen LogP contribution in [0.4, 0.5) is 5.69 Å². The molecule has 0 spiro atoms. The van der Waals surface area contributed by atoms with Gasteiger partial charge in [-0.2, -0.15) is 5.26 Å². The SMILES string of the molecule is N#CCCC1=c2c(N)cccc2=NC1=C(c1ccccc1)c1ccccc1. The van der Waals surface area contributed by atoms with Crippen LogP contribution in [0.1, 0.15) is 24.0 Å². The lowest BCUT2D eigenvalue weighted by molar-refractivity contribution is 1.07. The van der Waals surface area contributed by atoms with E-state index < -0.39 is 0 Å². The van der Waals surface area contributed by atoms with Crippen LogP contribution < -0.4 is 16.3 Å². The molecule has 1 heterocycles. The Bertz CT molecular complexity index is 1130. The number of hydrogen-bond donors (Lipinski definition) is 1. The number of nitrogens with two attached hydrogens (primary N) is 1. The molecule has 4 rings (SSSR count). The second-order valence-electron chi connectivity index (χ2n) is 6.45. The van der Waals surface area contributed by atoms with Crippen molar-refractivity contribution in [3.8, 4) is 6.07 Å². The predicted octanol–water partition coefficient (Wildman–Crippen LogP) is 3.82. The minimum atomic E-state index is 0.430. The van der Waals surface area contributed by atoms with E-state index in [-0.39, 0.29) is 0 Å². The van der Waals surface area contributed by atoms with Gasteiger partial charge in [-0.15, -0.1) is 0 Å². The van der Waals surface area contributed by atoms with E-state index in [1.54, 1.807) is 0 Å². The fourth-order valence-electron chi connectivity index (χ4n) is 3.57. The van der Waals surface area contributed by atoms with Crippen LogP contribution in [0.15, 0.2) is 89.6 Å². The molecule has 3 nitrogen and oxygen atoms in total. The van der Waals surface area contributed by atoms with E-state index in [0.717, 1.165) is 38.5 Å². The first-order valence-corrected chi connectivity index (χ1v) is 8.98. The van der Waals surface area contributed by atoms with Gasteiger partial charge >= 0.3 is 0 Å². The molecule has 130 valence electrons. The number of nitrogen functional groups attached to an aromatic ring is 1. The highest BCUT2D eigenvalue weighted by Gasteiger charge is 2.20. The van der Waals surface area contributed by atoms with Crippen molar-refractivity contribution in [2.45, 2.75) is 12.8 Å². The molecule has 0 atom stereocenters. The lowest BCUT2D eigenvalue weighted by Gasteiger charge is -2.14. The lowest BCUT2D eigenvalue weighted by Crippen LogP contribution is -2.26. The van der Waals surface area contributed by atoms with Crippen LogP contribution in [0.25, 0.3) is 11.1 Å². The minimum Gasteiger partial charge on any atom is -0.398 e. The van der Waals surface area contributed by atoms with Crippen molar-refractivity contribution in [3.63, 3.8) is 0 Å². The normalized spacial score (nSPS) is 12.3. The zero-order valence-electron chi connectivity index (χ0n) is 14.9. The molecular weight excluding hydrogens is 330 g/mol. The maximum Gasteiger partial charge on any atom is 0.0761 e. The van der Waals surface area contributed by atoms with Crippen molar-refractivity contribution < 1.29 is 0 Å². The van der Waals surface area contributed by atoms with Gasteiger partial charge in [-0.3, -0.25) is 0 Å². The van der Waals surface area contributed by atoms with Crippen LogP contribution in [-0.2, 0) is 0 Å². The maximum atomic E-state index is 9.16. The average Bonchev–Trinajstić information content (AvgIpc) is 3.07. The van der Waals surface area contributed by atoms with E-state index in [1.165, 1.54) is 0 Å². The van der Waals surface area contributed by atoms with E-state index in [4.69, 9.17) is 16.0 Å². The number of fused-ring (bicyclic) bond motifs is 1. The van der Waals surface area contributed by atoms with Gasteiger partial charge in [0.05, 0.1) is 17.1 Å². The van der Waals surface area contributed by atoms with Crippen LogP contribution in [0.3, 0.4) is 0 Å². The first kappa shape index (κ1) is 16.8. The summed E-state index contributed by atoms with van der Waals surface area (Å²) in [4.78, 5) is 4.95. The molecule has 0 aliphatic carbocycles. The van der Waals surface area contributed by atoms with E-state index in [9.17, 15) is 0 Å². The number of benzene rings is 3. The predicted molar refractivity (Wildman–Crippen MR) is 109 cm³/mol. The summed E-state index contributed by atoms with van der Waals surface area (Å²) in [5.74, 6) is 0. The molecule has 2 N–H and O–H groups in total. The van der Waals surface area contributed by atoms with Gasteiger partial charge < -0.3 is 5.73 Å². The smallest absolute Gasteiger partial charge is 0.0761 e. The molecule has 0 radical (unpaired) electrons. The van der Waals surface area contributed by atoms with Crippen molar-refractivity contribution in [2.24, 2.45) is 4.99 Å². The third-order valence-corrected chi connectivity index (χ3v) is 4.74. The standard InChI is InChI=1S/C24H19N3/c25-16-8-13-19-23-20(26)14-7-15-21(23)27-24(19)22(17-9-3-1-4-10-17)18-11-5-2-6-12-18/h1-7,9-12,14-15H,8,13,26H2. The number of allylic oxidation sites excluding steroid dienone is 1. The van der Waals surface area contributed by atoms with Crippen LogP contribution in [0.2, 0.25) is 0 Å². The summed E-state index contributed by atoms with van der Waals surface area (Å²) < 4.78 is 0. The maximum absolute atomic E-state index is 9.16. The van der Waals surface area contributed by atoms with Crippen molar-refractivity contribution in [1.82, 2.24) is 0 Å². The molecule has 27 heavy (non-hydrogen) atoms. The Balaban J connectivity index is 2.08. The fraction of sp³-hybridized carbons (Fsp3) is 0.0833. The molecule has 0 bridgehead atoms. The van der Waals surface area contributed by atoms with E-state index in [1.807, 2.05) is 54.6 Å². The molecule has 3 aromatic carbocycles. The van der Waals surface area contributed by atoms with E-state index >= 15 is 0 Å². The molecular formula is C24H19N3. The number of rotatable bonds is 4. The number of nitriles is 1. The van der Waals surface area contributed by atoms with E-state index in [2.05, 4.69) is 30.3 Å². The number of anilines is 1. The third kappa shape index (κ3) is 3.14. The molecule has 3 heteroatoms. The molecule has 0 unspecified atom stereocenters. The highest BCUT2D eigenvalue weighted by atomic mass is 14.8. The zero-order chi connectivity index (χ0) is 18.6. The van der Waals surface area contributed by atoms with Gasteiger partial charge in [-0.1, -0.05) is 66.7 Å². The first-order chi connectivity index (χ1) is 13.3. The third-order valence-electron chi connectivity index (χ3n) is 4.74. The van der Waals surface area contributed by atoms with Gasteiger partial charge in [0.15, 0.2) is 0 Å². The van der Waals surface area contributed by atoms with Gasteiger partial charge in [0.1, 0.15) is 0 Å². The summed E-state index contributed by atoms with van der Waals surface area (Å²) in [7, 11) is 0. The molecule has 0 aromatic heterocycles. The second kappa shape index (κ2) is 7.31. The number of hydrogen-bond acceptors (Lipinski definition) is 3.